The Hall–Kier alpha value is -3.55. The number of rotatable bonds is 7. The van der Waals surface area contributed by atoms with E-state index >= 15 is 0 Å². The zero-order chi connectivity index (χ0) is 21.4. The van der Waals surface area contributed by atoms with Crippen molar-refractivity contribution in [2.24, 2.45) is 0 Å². The van der Waals surface area contributed by atoms with E-state index < -0.39 is 0 Å². The minimum atomic E-state index is -0.383. The molecule has 1 N–H and O–H groups in total. The number of fused-ring (bicyclic) bond motifs is 1. The number of carbonyl (C=O) groups excluding carboxylic acids is 1. The van der Waals surface area contributed by atoms with Gasteiger partial charge in [-0.3, -0.25) is 9.48 Å². The van der Waals surface area contributed by atoms with Gasteiger partial charge in [-0.15, -0.1) is 0 Å². The Morgan fingerprint density at radius 3 is 2.81 bits per heavy atom. The quantitative estimate of drug-likeness (QED) is 0.464. The minimum absolute atomic E-state index is 0.167. The van der Waals surface area contributed by atoms with Crippen LogP contribution in [0, 0.1) is 12.7 Å². The van der Waals surface area contributed by atoms with Crippen molar-refractivity contribution in [3.05, 3.63) is 71.6 Å². The predicted octanol–water partition coefficient (Wildman–Crippen LogP) is 3.76. The number of aryl methyl sites for hydroxylation is 2. The Labute approximate surface area is 178 Å². The van der Waals surface area contributed by atoms with E-state index in [9.17, 15) is 9.18 Å². The second-order valence-corrected chi connectivity index (χ2v) is 7.92. The molecule has 0 unspecified atom stereocenters. The summed E-state index contributed by atoms with van der Waals surface area (Å²) in [7, 11) is 0. The van der Waals surface area contributed by atoms with E-state index in [-0.39, 0.29) is 11.7 Å². The summed E-state index contributed by atoms with van der Waals surface area (Å²) in [5.74, 6) is -0.201. The van der Waals surface area contributed by atoms with Gasteiger partial charge in [-0.2, -0.15) is 10.2 Å². The number of hydrogen-bond donors (Lipinski definition) is 1. The van der Waals surface area contributed by atoms with Crippen LogP contribution >= 0.6 is 0 Å². The topological polar surface area (TPSA) is 77.6 Å². The first-order valence-corrected chi connectivity index (χ1v) is 10.5. The van der Waals surface area contributed by atoms with Gasteiger partial charge in [0, 0.05) is 36.6 Å². The lowest BCUT2D eigenvalue weighted by Gasteiger charge is -2.10. The second kappa shape index (κ2) is 7.94. The maximum Gasteiger partial charge on any atom is 0.252 e. The summed E-state index contributed by atoms with van der Waals surface area (Å²) in [6.45, 7) is 3.28. The largest absolute Gasteiger partial charge is 0.352 e. The van der Waals surface area contributed by atoms with Crippen LogP contribution in [-0.2, 0) is 6.54 Å². The molecule has 0 aliphatic heterocycles. The third-order valence-corrected chi connectivity index (χ3v) is 5.64. The fourth-order valence-corrected chi connectivity index (χ4v) is 3.75. The lowest BCUT2D eigenvalue weighted by Crippen LogP contribution is -2.26. The monoisotopic (exact) mass is 418 g/mol. The molecule has 5 rings (SSSR count). The Morgan fingerprint density at radius 1 is 1.23 bits per heavy atom. The van der Waals surface area contributed by atoms with Crippen molar-refractivity contribution in [3.8, 4) is 5.69 Å². The van der Waals surface area contributed by atoms with E-state index in [2.05, 4.69) is 15.5 Å². The summed E-state index contributed by atoms with van der Waals surface area (Å²) >= 11 is 0. The first-order valence-electron chi connectivity index (χ1n) is 10.5. The number of halogens is 1. The maximum atomic E-state index is 14.4. The van der Waals surface area contributed by atoms with Gasteiger partial charge in [0.05, 0.1) is 17.1 Å². The van der Waals surface area contributed by atoms with Crippen molar-refractivity contribution in [1.29, 1.82) is 0 Å². The molecule has 0 atom stereocenters. The lowest BCUT2D eigenvalue weighted by atomic mass is 10.1. The average Bonchev–Trinajstić information content (AvgIpc) is 3.42. The lowest BCUT2D eigenvalue weighted by molar-refractivity contribution is 0.0954. The normalized spacial score (nSPS) is 13.6. The molecule has 0 bridgehead atoms. The Morgan fingerprint density at radius 2 is 2.06 bits per heavy atom. The standard InChI is InChI=1S/C23H23FN6O/c1-15-9-11-26-29(15)12-4-10-25-23(31)17-13-20(16-7-8-16)28-22-18(17)14-27-30(22)21-6-3-2-5-19(21)24/h2-3,5-6,9,11,13-14,16H,4,7-8,10,12H2,1H3,(H,25,31). The van der Waals surface area contributed by atoms with E-state index in [0.29, 0.717) is 34.7 Å². The van der Waals surface area contributed by atoms with E-state index in [4.69, 9.17) is 4.98 Å². The van der Waals surface area contributed by atoms with Gasteiger partial charge >= 0.3 is 0 Å². The molecular formula is C23H23FN6O. The van der Waals surface area contributed by atoms with E-state index in [0.717, 1.165) is 37.2 Å². The molecule has 3 aromatic heterocycles. The summed E-state index contributed by atoms with van der Waals surface area (Å²) in [6, 6.07) is 10.3. The molecule has 158 valence electrons. The Bertz CT molecular complexity index is 1260. The van der Waals surface area contributed by atoms with Crippen LogP contribution in [0.4, 0.5) is 4.39 Å². The highest BCUT2D eigenvalue weighted by molar-refractivity contribution is 6.05. The summed E-state index contributed by atoms with van der Waals surface area (Å²) in [4.78, 5) is 17.8. The molecule has 0 spiro atoms. The third-order valence-electron chi connectivity index (χ3n) is 5.64. The fourth-order valence-electron chi connectivity index (χ4n) is 3.75. The Balaban J connectivity index is 1.42. The van der Waals surface area contributed by atoms with Gasteiger partial charge in [0.15, 0.2) is 5.65 Å². The van der Waals surface area contributed by atoms with Gasteiger partial charge in [0.2, 0.25) is 0 Å². The van der Waals surface area contributed by atoms with Gasteiger partial charge in [-0.05, 0) is 50.5 Å². The van der Waals surface area contributed by atoms with Gasteiger partial charge < -0.3 is 5.32 Å². The van der Waals surface area contributed by atoms with Crippen molar-refractivity contribution >= 4 is 16.9 Å². The van der Waals surface area contributed by atoms with Crippen LogP contribution in [-0.4, -0.2) is 37.0 Å². The Kier molecular flexibility index (Phi) is 4.97. The summed E-state index contributed by atoms with van der Waals surface area (Å²) in [5.41, 5.74) is 3.31. The van der Waals surface area contributed by atoms with Crippen molar-refractivity contribution in [3.63, 3.8) is 0 Å². The van der Waals surface area contributed by atoms with Crippen LogP contribution in [0.5, 0.6) is 0 Å². The first-order chi connectivity index (χ1) is 15.1. The van der Waals surface area contributed by atoms with Gasteiger partial charge in [0.1, 0.15) is 11.5 Å². The molecule has 0 saturated heterocycles. The van der Waals surface area contributed by atoms with E-state index in [1.165, 1.54) is 10.7 Å². The number of nitrogens with zero attached hydrogens (tertiary/aromatic N) is 5. The predicted molar refractivity (Wildman–Crippen MR) is 115 cm³/mol. The first kappa shape index (κ1) is 19.4. The molecule has 1 saturated carbocycles. The smallest absolute Gasteiger partial charge is 0.252 e. The van der Waals surface area contributed by atoms with Gasteiger partial charge in [-0.1, -0.05) is 12.1 Å². The number of pyridine rings is 1. The van der Waals surface area contributed by atoms with Gasteiger partial charge in [0.25, 0.3) is 5.91 Å². The zero-order valence-corrected chi connectivity index (χ0v) is 17.3. The molecule has 31 heavy (non-hydrogen) atoms. The van der Waals surface area contributed by atoms with Crippen molar-refractivity contribution in [2.75, 3.05) is 6.54 Å². The van der Waals surface area contributed by atoms with E-state index in [1.54, 1.807) is 30.6 Å². The third kappa shape index (κ3) is 3.81. The molecule has 0 radical (unpaired) electrons. The fraction of sp³-hybridized carbons (Fsp3) is 0.304. The molecule has 7 nitrogen and oxygen atoms in total. The van der Waals surface area contributed by atoms with Crippen LogP contribution in [0.3, 0.4) is 0 Å². The van der Waals surface area contributed by atoms with E-state index in [1.807, 2.05) is 23.7 Å². The second-order valence-electron chi connectivity index (χ2n) is 7.92. The van der Waals surface area contributed by atoms with Gasteiger partial charge in [-0.25, -0.2) is 14.1 Å². The number of nitrogens with one attached hydrogen (secondary N) is 1. The molecule has 1 amide bonds. The van der Waals surface area contributed by atoms with Crippen molar-refractivity contribution in [2.45, 2.75) is 38.6 Å². The highest BCUT2D eigenvalue weighted by Crippen LogP contribution is 2.40. The van der Waals surface area contributed by atoms with Crippen LogP contribution in [0.15, 0.2) is 48.8 Å². The number of benzene rings is 1. The molecule has 1 aliphatic rings. The molecule has 1 aliphatic carbocycles. The number of para-hydroxylation sites is 1. The number of carbonyl (C=O) groups is 1. The highest BCUT2D eigenvalue weighted by Gasteiger charge is 2.28. The van der Waals surface area contributed by atoms with Crippen molar-refractivity contribution in [1.82, 2.24) is 29.9 Å². The molecule has 1 fully saturated rings. The molecule has 8 heteroatoms. The maximum absolute atomic E-state index is 14.4. The van der Waals surface area contributed by atoms with Crippen LogP contribution in [0.25, 0.3) is 16.7 Å². The van der Waals surface area contributed by atoms with Crippen LogP contribution in [0.1, 0.15) is 46.9 Å². The molecule has 3 heterocycles. The highest BCUT2D eigenvalue weighted by atomic mass is 19.1. The average molecular weight is 418 g/mol. The minimum Gasteiger partial charge on any atom is -0.352 e. The molecule has 4 aromatic rings. The number of aromatic nitrogens is 5. The summed E-state index contributed by atoms with van der Waals surface area (Å²) in [5, 5.41) is 12.2. The van der Waals surface area contributed by atoms with Crippen molar-refractivity contribution < 1.29 is 9.18 Å². The number of hydrogen-bond acceptors (Lipinski definition) is 4. The number of amides is 1. The molecule has 1 aromatic carbocycles. The molecular weight excluding hydrogens is 395 g/mol. The van der Waals surface area contributed by atoms with Crippen LogP contribution < -0.4 is 5.32 Å². The SMILES string of the molecule is Cc1ccnn1CCCNC(=O)c1cc(C2CC2)nc2c1cnn2-c1ccccc1F. The van der Waals surface area contributed by atoms with Crippen LogP contribution in [0.2, 0.25) is 0 Å². The zero-order valence-electron chi connectivity index (χ0n) is 17.3. The summed E-state index contributed by atoms with van der Waals surface area (Å²) < 4.78 is 17.8. The summed E-state index contributed by atoms with van der Waals surface area (Å²) in [6.07, 6.45) is 6.24.